The van der Waals surface area contributed by atoms with Crippen molar-refractivity contribution in [2.75, 3.05) is 19.7 Å². The van der Waals surface area contributed by atoms with Crippen molar-refractivity contribution in [3.05, 3.63) is 35.5 Å². The third-order valence-electron chi connectivity index (χ3n) is 3.71. The topological polar surface area (TPSA) is 26.2 Å². The predicted molar refractivity (Wildman–Crippen MR) is 73.8 cm³/mol. The molecule has 96 valence electrons. The highest BCUT2D eigenvalue weighted by Gasteiger charge is 2.18. The minimum Gasteiger partial charge on any atom is -0.371 e. The average molecular weight is 244 g/mol. The molecular weight excluding hydrogens is 224 g/mol. The number of hydrogen-bond acceptors (Lipinski definition) is 2. The Hall–Kier alpha value is -1.32. The maximum atomic E-state index is 5.95. The van der Waals surface area contributed by atoms with E-state index in [1.54, 1.807) is 0 Å². The maximum Gasteiger partial charge on any atom is 0.110 e. The Morgan fingerprint density at radius 2 is 2.22 bits per heavy atom. The van der Waals surface area contributed by atoms with Gasteiger partial charge in [-0.3, -0.25) is 0 Å². The van der Waals surface area contributed by atoms with Gasteiger partial charge in [-0.05, 0) is 38.1 Å². The number of aryl methyl sites for hydroxylation is 2. The van der Waals surface area contributed by atoms with E-state index in [2.05, 4.69) is 48.1 Å². The van der Waals surface area contributed by atoms with Crippen molar-refractivity contribution in [3.8, 4) is 0 Å². The fourth-order valence-corrected chi connectivity index (χ4v) is 2.70. The molecule has 18 heavy (non-hydrogen) atoms. The summed E-state index contributed by atoms with van der Waals surface area (Å²) < 4.78 is 8.20. The van der Waals surface area contributed by atoms with E-state index >= 15 is 0 Å². The number of rotatable bonds is 1. The van der Waals surface area contributed by atoms with Crippen molar-refractivity contribution in [1.29, 1.82) is 0 Å². The lowest BCUT2D eigenvalue weighted by Gasteiger charge is -2.16. The van der Waals surface area contributed by atoms with E-state index in [0.717, 1.165) is 26.1 Å². The molecule has 1 saturated heterocycles. The van der Waals surface area contributed by atoms with Crippen molar-refractivity contribution >= 4 is 10.9 Å². The second kappa shape index (κ2) is 4.75. The number of fused-ring (bicyclic) bond motifs is 1. The lowest BCUT2D eigenvalue weighted by molar-refractivity contribution is 0.0623. The fourth-order valence-electron chi connectivity index (χ4n) is 2.70. The van der Waals surface area contributed by atoms with Crippen LogP contribution in [0.5, 0.6) is 0 Å². The molecule has 1 aromatic carbocycles. The summed E-state index contributed by atoms with van der Waals surface area (Å²) in [6.07, 6.45) is 1.27. The van der Waals surface area contributed by atoms with Crippen molar-refractivity contribution < 1.29 is 4.74 Å². The molecule has 2 heterocycles. The van der Waals surface area contributed by atoms with Crippen LogP contribution in [0.3, 0.4) is 0 Å². The first-order valence-electron chi connectivity index (χ1n) is 6.64. The highest BCUT2D eigenvalue weighted by Crippen LogP contribution is 2.26. The molecule has 1 aliphatic rings. The zero-order valence-corrected chi connectivity index (χ0v) is 11.1. The molecule has 1 atom stereocenters. The lowest BCUT2D eigenvalue weighted by Crippen LogP contribution is -2.21. The van der Waals surface area contributed by atoms with Crippen LogP contribution in [0.25, 0.3) is 10.9 Å². The summed E-state index contributed by atoms with van der Waals surface area (Å²) in [7, 11) is 2.13. The van der Waals surface area contributed by atoms with E-state index in [0.29, 0.717) is 0 Å². The first kappa shape index (κ1) is 11.8. The van der Waals surface area contributed by atoms with Crippen molar-refractivity contribution in [1.82, 2.24) is 9.88 Å². The van der Waals surface area contributed by atoms with E-state index in [-0.39, 0.29) is 6.10 Å². The molecule has 1 fully saturated rings. The third-order valence-corrected chi connectivity index (χ3v) is 3.71. The molecule has 1 aliphatic heterocycles. The van der Waals surface area contributed by atoms with Gasteiger partial charge >= 0.3 is 0 Å². The van der Waals surface area contributed by atoms with Crippen LogP contribution in [0.15, 0.2) is 24.3 Å². The highest BCUT2D eigenvalue weighted by atomic mass is 16.5. The summed E-state index contributed by atoms with van der Waals surface area (Å²) >= 11 is 0. The normalized spacial score (nSPS) is 21.1. The molecule has 2 aromatic rings. The Labute approximate surface area is 108 Å². The molecule has 1 unspecified atom stereocenters. The average Bonchev–Trinajstić information content (AvgIpc) is 2.57. The predicted octanol–water partition coefficient (Wildman–Crippen LogP) is 2.54. The van der Waals surface area contributed by atoms with Gasteiger partial charge in [-0.1, -0.05) is 11.6 Å². The second-order valence-corrected chi connectivity index (χ2v) is 5.11. The number of aromatic nitrogens is 1. The van der Waals surface area contributed by atoms with Crippen molar-refractivity contribution in [2.45, 2.75) is 19.4 Å². The van der Waals surface area contributed by atoms with Crippen molar-refractivity contribution in [3.63, 3.8) is 0 Å². The number of hydrogen-bond donors (Lipinski definition) is 1. The van der Waals surface area contributed by atoms with Gasteiger partial charge < -0.3 is 14.6 Å². The summed E-state index contributed by atoms with van der Waals surface area (Å²) in [5.74, 6) is 0. The smallest absolute Gasteiger partial charge is 0.110 e. The molecule has 3 heteroatoms. The molecule has 0 saturated carbocycles. The Bertz CT molecular complexity index is 551. The van der Waals surface area contributed by atoms with E-state index in [1.165, 1.54) is 22.2 Å². The van der Waals surface area contributed by atoms with Gasteiger partial charge in [-0.15, -0.1) is 0 Å². The summed E-state index contributed by atoms with van der Waals surface area (Å²) in [5, 5.41) is 4.75. The molecule has 0 aliphatic carbocycles. The van der Waals surface area contributed by atoms with Gasteiger partial charge in [0.05, 0.1) is 0 Å². The maximum absolute atomic E-state index is 5.95. The Morgan fingerprint density at radius 1 is 1.33 bits per heavy atom. The number of benzene rings is 1. The van der Waals surface area contributed by atoms with Crippen LogP contribution in [-0.2, 0) is 11.8 Å². The highest BCUT2D eigenvalue weighted by molar-refractivity contribution is 5.82. The van der Waals surface area contributed by atoms with Gasteiger partial charge in [0.15, 0.2) is 0 Å². The molecule has 3 nitrogen and oxygen atoms in total. The lowest BCUT2D eigenvalue weighted by atomic mass is 10.1. The summed E-state index contributed by atoms with van der Waals surface area (Å²) in [4.78, 5) is 0. The van der Waals surface area contributed by atoms with Gasteiger partial charge in [0.2, 0.25) is 0 Å². The minimum atomic E-state index is 0.171. The van der Waals surface area contributed by atoms with Crippen LogP contribution in [0.1, 0.15) is 23.8 Å². The second-order valence-electron chi connectivity index (χ2n) is 5.11. The zero-order chi connectivity index (χ0) is 12.5. The molecule has 1 aromatic heterocycles. The first-order valence-corrected chi connectivity index (χ1v) is 6.64. The molecule has 0 bridgehead atoms. The zero-order valence-electron chi connectivity index (χ0n) is 11.1. The van der Waals surface area contributed by atoms with Crippen LogP contribution < -0.4 is 5.32 Å². The van der Waals surface area contributed by atoms with Crippen molar-refractivity contribution in [2.24, 2.45) is 7.05 Å². The van der Waals surface area contributed by atoms with E-state index in [9.17, 15) is 0 Å². The quantitative estimate of drug-likeness (QED) is 0.834. The molecule has 0 amide bonds. The fraction of sp³-hybridized carbons (Fsp3) is 0.467. The molecule has 3 rings (SSSR count). The van der Waals surface area contributed by atoms with Gasteiger partial charge in [0, 0.05) is 36.8 Å². The van der Waals surface area contributed by atoms with E-state index in [1.807, 2.05) is 0 Å². The van der Waals surface area contributed by atoms with Gasteiger partial charge in [-0.2, -0.15) is 0 Å². The van der Waals surface area contributed by atoms with Crippen LogP contribution >= 0.6 is 0 Å². The monoisotopic (exact) mass is 244 g/mol. The van der Waals surface area contributed by atoms with Crippen LogP contribution in [0, 0.1) is 6.92 Å². The molecular formula is C15H20N2O. The largest absolute Gasteiger partial charge is 0.371 e. The summed E-state index contributed by atoms with van der Waals surface area (Å²) in [5.41, 5.74) is 3.85. The molecule has 0 radical (unpaired) electrons. The Balaban J connectivity index is 2.02. The van der Waals surface area contributed by atoms with Crippen LogP contribution in [-0.4, -0.2) is 24.3 Å². The standard InChI is InChI=1S/C15H20N2O/c1-11-4-5-13-12(8-11)9-14(17(13)2)15-10-16-6-3-7-18-15/h4-5,8-9,15-16H,3,6-7,10H2,1-2H3. The first-order chi connectivity index (χ1) is 8.75. The van der Waals surface area contributed by atoms with Gasteiger partial charge in [0.1, 0.15) is 6.10 Å². The third kappa shape index (κ3) is 2.04. The number of nitrogens with zero attached hydrogens (tertiary/aromatic N) is 1. The van der Waals surface area contributed by atoms with E-state index in [4.69, 9.17) is 4.74 Å². The SMILES string of the molecule is Cc1ccc2c(c1)cc(C1CNCCCO1)n2C. The Morgan fingerprint density at radius 3 is 3.11 bits per heavy atom. The minimum absolute atomic E-state index is 0.171. The number of ether oxygens (including phenoxy) is 1. The van der Waals surface area contributed by atoms with Gasteiger partial charge in [-0.25, -0.2) is 0 Å². The van der Waals surface area contributed by atoms with E-state index < -0.39 is 0 Å². The molecule has 1 N–H and O–H groups in total. The van der Waals surface area contributed by atoms with Gasteiger partial charge in [0.25, 0.3) is 0 Å². The summed E-state index contributed by atoms with van der Waals surface area (Å²) in [6, 6.07) is 8.86. The van der Waals surface area contributed by atoms with Crippen LogP contribution in [0.4, 0.5) is 0 Å². The Kier molecular flexibility index (Phi) is 3.10. The summed E-state index contributed by atoms with van der Waals surface area (Å²) in [6.45, 7) is 4.94. The van der Waals surface area contributed by atoms with Crippen LogP contribution in [0.2, 0.25) is 0 Å². The number of nitrogens with one attached hydrogen (secondary N) is 1. The molecule has 0 spiro atoms.